The highest BCUT2D eigenvalue weighted by molar-refractivity contribution is 6.03. The van der Waals surface area contributed by atoms with Gasteiger partial charge in [0.2, 0.25) is 11.6 Å². The van der Waals surface area contributed by atoms with Crippen molar-refractivity contribution in [3.63, 3.8) is 0 Å². The molecule has 32 heavy (non-hydrogen) atoms. The lowest BCUT2D eigenvalue weighted by Gasteiger charge is -2.16. The van der Waals surface area contributed by atoms with Crippen molar-refractivity contribution in [1.82, 2.24) is 10.2 Å². The molecule has 0 saturated heterocycles. The summed E-state index contributed by atoms with van der Waals surface area (Å²) in [4.78, 5) is 14.5. The van der Waals surface area contributed by atoms with Gasteiger partial charge in [-0.2, -0.15) is 0 Å². The minimum absolute atomic E-state index is 0.00788. The van der Waals surface area contributed by atoms with Crippen LogP contribution in [0.5, 0.6) is 17.2 Å². The first-order chi connectivity index (χ1) is 15.5. The molecule has 0 bridgehead atoms. The largest absolute Gasteiger partial charge is 0.490 e. The molecule has 3 rings (SSSR count). The topological polar surface area (TPSA) is 99.0 Å². The molecule has 0 saturated carbocycles. The van der Waals surface area contributed by atoms with E-state index in [-0.39, 0.29) is 17.8 Å². The highest BCUT2D eigenvalue weighted by atomic mass is 16.5. The lowest BCUT2D eigenvalue weighted by Crippen LogP contribution is -2.13. The van der Waals surface area contributed by atoms with Crippen LogP contribution < -0.4 is 24.4 Å². The van der Waals surface area contributed by atoms with Gasteiger partial charge in [0.15, 0.2) is 11.5 Å². The van der Waals surface area contributed by atoms with E-state index in [0.717, 1.165) is 5.69 Å². The minimum atomic E-state index is -0.345. The molecular formula is C23H28N4O5. The summed E-state index contributed by atoms with van der Waals surface area (Å²) in [6.45, 7) is 7.02. The molecule has 9 heteroatoms. The second-order valence-electron chi connectivity index (χ2n) is 6.91. The fourth-order valence-corrected chi connectivity index (χ4v) is 2.98. The van der Waals surface area contributed by atoms with Crippen LogP contribution in [-0.2, 0) is 0 Å². The van der Waals surface area contributed by atoms with Gasteiger partial charge in [0.1, 0.15) is 0 Å². The SMILES string of the molecule is CCOc1cc(-c2nnc(NC(=O)c3ccc(N(C)C)cc3)o2)cc(OCC)c1OCC. The molecule has 0 atom stereocenters. The predicted molar refractivity (Wildman–Crippen MR) is 122 cm³/mol. The van der Waals surface area contributed by atoms with Gasteiger partial charge in [-0.05, 0) is 57.2 Å². The van der Waals surface area contributed by atoms with Crippen molar-refractivity contribution < 1.29 is 23.4 Å². The number of ether oxygens (including phenoxy) is 3. The second kappa shape index (κ2) is 10.5. The Bertz CT molecular complexity index is 1020. The van der Waals surface area contributed by atoms with E-state index in [9.17, 15) is 4.79 Å². The monoisotopic (exact) mass is 440 g/mol. The molecular weight excluding hydrogens is 412 g/mol. The Hall–Kier alpha value is -3.75. The van der Waals surface area contributed by atoms with Crippen LogP contribution in [0, 0.1) is 0 Å². The quantitative estimate of drug-likeness (QED) is 0.500. The molecule has 0 radical (unpaired) electrons. The van der Waals surface area contributed by atoms with E-state index in [1.54, 1.807) is 24.3 Å². The molecule has 1 aromatic heterocycles. The Labute approximate surface area is 187 Å². The van der Waals surface area contributed by atoms with Crippen molar-refractivity contribution in [2.45, 2.75) is 20.8 Å². The molecule has 1 amide bonds. The zero-order valence-electron chi connectivity index (χ0n) is 19.0. The summed E-state index contributed by atoms with van der Waals surface area (Å²) in [6, 6.07) is 10.7. The predicted octanol–water partition coefficient (Wildman–Crippen LogP) is 4.25. The molecule has 0 spiro atoms. The van der Waals surface area contributed by atoms with E-state index < -0.39 is 0 Å². The second-order valence-corrected chi connectivity index (χ2v) is 6.91. The van der Waals surface area contributed by atoms with Gasteiger partial charge in [-0.1, -0.05) is 5.10 Å². The minimum Gasteiger partial charge on any atom is -0.490 e. The highest BCUT2D eigenvalue weighted by Crippen LogP contribution is 2.41. The molecule has 0 aliphatic carbocycles. The van der Waals surface area contributed by atoms with E-state index in [1.807, 2.05) is 51.9 Å². The summed E-state index contributed by atoms with van der Waals surface area (Å²) in [5.74, 6) is 1.42. The summed E-state index contributed by atoms with van der Waals surface area (Å²) in [7, 11) is 3.87. The van der Waals surface area contributed by atoms with Crippen LogP contribution >= 0.6 is 0 Å². The fourth-order valence-electron chi connectivity index (χ4n) is 2.98. The number of amides is 1. The van der Waals surface area contributed by atoms with E-state index in [2.05, 4.69) is 15.5 Å². The van der Waals surface area contributed by atoms with Gasteiger partial charge >= 0.3 is 6.01 Å². The number of nitrogens with one attached hydrogen (secondary N) is 1. The molecule has 1 heterocycles. The number of carbonyl (C=O) groups is 1. The number of nitrogens with zero attached hydrogens (tertiary/aromatic N) is 3. The molecule has 0 unspecified atom stereocenters. The Morgan fingerprint density at radius 2 is 1.53 bits per heavy atom. The third-order valence-electron chi connectivity index (χ3n) is 4.45. The third kappa shape index (κ3) is 5.29. The number of hydrogen-bond donors (Lipinski definition) is 1. The smallest absolute Gasteiger partial charge is 0.322 e. The molecule has 0 fully saturated rings. The van der Waals surface area contributed by atoms with Gasteiger partial charge in [0, 0.05) is 30.9 Å². The van der Waals surface area contributed by atoms with Crippen LogP contribution in [0.4, 0.5) is 11.7 Å². The standard InChI is InChI=1S/C23H28N4O5/c1-6-29-18-13-16(14-19(30-7-2)20(18)31-8-3)22-25-26-23(32-22)24-21(28)15-9-11-17(12-10-15)27(4)5/h9-14H,6-8H2,1-5H3,(H,24,26,28). The molecule has 0 aliphatic heterocycles. The van der Waals surface area contributed by atoms with Crippen LogP contribution in [0.2, 0.25) is 0 Å². The lowest BCUT2D eigenvalue weighted by atomic mass is 10.2. The number of anilines is 2. The zero-order chi connectivity index (χ0) is 23.1. The lowest BCUT2D eigenvalue weighted by molar-refractivity contribution is 0.102. The van der Waals surface area contributed by atoms with Crippen molar-refractivity contribution in [3.8, 4) is 28.7 Å². The van der Waals surface area contributed by atoms with Gasteiger partial charge in [0.05, 0.1) is 19.8 Å². The molecule has 3 aromatic rings. The first-order valence-electron chi connectivity index (χ1n) is 10.5. The maximum atomic E-state index is 12.5. The van der Waals surface area contributed by atoms with Gasteiger partial charge in [-0.3, -0.25) is 10.1 Å². The number of rotatable bonds is 10. The normalized spacial score (nSPS) is 10.5. The molecule has 1 N–H and O–H groups in total. The van der Waals surface area contributed by atoms with Crippen LogP contribution in [0.3, 0.4) is 0 Å². The average Bonchev–Trinajstić information content (AvgIpc) is 3.24. The fraction of sp³-hybridized carbons (Fsp3) is 0.348. The third-order valence-corrected chi connectivity index (χ3v) is 4.45. The van der Waals surface area contributed by atoms with E-state index in [1.165, 1.54) is 0 Å². The maximum Gasteiger partial charge on any atom is 0.322 e. The van der Waals surface area contributed by atoms with Crippen molar-refractivity contribution in [1.29, 1.82) is 0 Å². The molecule has 170 valence electrons. The van der Waals surface area contributed by atoms with Gasteiger partial charge in [0.25, 0.3) is 5.91 Å². The Morgan fingerprint density at radius 3 is 2.06 bits per heavy atom. The van der Waals surface area contributed by atoms with Crippen LogP contribution in [0.1, 0.15) is 31.1 Å². The van der Waals surface area contributed by atoms with Crippen molar-refractivity contribution in [2.24, 2.45) is 0 Å². The summed E-state index contributed by atoms with van der Waals surface area (Å²) >= 11 is 0. The summed E-state index contributed by atoms with van der Waals surface area (Å²) in [5.41, 5.74) is 2.06. The molecule has 2 aromatic carbocycles. The van der Waals surface area contributed by atoms with E-state index in [4.69, 9.17) is 18.6 Å². The zero-order valence-corrected chi connectivity index (χ0v) is 19.0. The molecule has 0 aliphatic rings. The van der Waals surface area contributed by atoms with Crippen molar-refractivity contribution in [2.75, 3.05) is 44.1 Å². The van der Waals surface area contributed by atoms with Gasteiger partial charge in [-0.25, -0.2) is 0 Å². The maximum absolute atomic E-state index is 12.5. The number of hydrogen-bond acceptors (Lipinski definition) is 8. The van der Waals surface area contributed by atoms with Crippen molar-refractivity contribution >= 4 is 17.6 Å². The first-order valence-corrected chi connectivity index (χ1v) is 10.5. The average molecular weight is 441 g/mol. The van der Waals surface area contributed by atoms with Crippen LogP contribution in [0.15, 0.2) is 40.8 Å². The first kappa shape index (κ1) is 22.9. The van der Waals surface area contributed by atoms with E-state index >= 15 is 0 Å². The van der Waals surface area contributed by atoms with Gasteiger partial charge in [-0.15, -0.1) is 5.10 Å². The van der Waals surface area contributed by atoms with Crippen LogP contribution in [0.25, 0.3) is 11.5 Å². The van der Waals surface area contributed by atoms with Gasteiger partial charge < -0.3 is 23.5 Å². The summed E-state index contributed by atoms with van der Waals surface area (Å²) in [5, 5.41) is 10.6. The highest BCUT2D eigenvalue weighted by Gasteiger charge is 2.19. The van der Waals surface area contributed by atoms with Crippen molar-refractivity contribution in [3.05, 3.63) is 42.0 Å². The Kier molecular flexibility index (Phi) is 7.54. The number of carbonyl (C=O) groups excluding carboxylic acids is 1. The Balaban J connectivity index is 1.84. The summed E-state index contributed by atoms with van der Waals surface area (Å²) in [6.07, 6.45) is 0. The van der Waals surface area contributed by atoms with Crippen LogP contribution in [-0.4, -0.2) is 50.0 Å². The number of benzene rings is 2. The Morgan fingerprint density at radius 1 is 0.938 bits per heavy atom. The summed E-state index contributed by atoms with van der Waals surface area (Å²) < 4.78 is 22.8. The molecule has 9 nitrogen and oxygen atoms in total. The van der Waals surface area contributed by atoms with E-state index in [0.29, 0.717) is 48.2 Å². The number of aromatic nitrogens is 2.